The molecule has 0 aliphatic rings. The fraction of sp³-hybridized carbons (Fsp3) is 0.531. The van der Waals surface area contributed by atoms with Crippen LogP contribution in [0.2, 0.25) is 0 Å². The van der Waals surface area contributed by atoms with Crippen LogP contribution in [0.5, 0.6) is 0 Å². The number of allylic oxidation sites excluding steroid dienone is 10. The first-order chi connectivity index (χ1) is 19.9. The van der Waals surface area contributed by atoms with E-state index in [-0.39, 0.29) is 18.8 Å². The third-order valence-corrected chi connectivity index (χ3v) is 5.82. The lowest BCUT2D eigenvalue weighted by atomic mass is 9.92. The fourth-order valence-corrected chi connectivity index (χ4v) is 3.81. The average molecular weight is 590 g/mol. The van der Waals surface area contributed by atoms with Crippen LogP contribution in [0, 0.1) is 5.92 Å². The largest absolute Gasteiger partial charge is 0.481 e. The monoisotopic (exact) mass is 589 g/mol. The number of hydrogen-bond acceptors (Lipinski definition) is 6. The van der Waals surface area contributed by atoms with Crippen LogP contribution in [0.1, 0.15) is 91.4 Å². The van der Waals surface area contributed by atoms with Gasteiger partial charge in [-0.2, -0.15) is 0 Å². The molecule has 10 heteroatoms. The van der Waals surface area contributed by atoms with Gasteiger partial charge in [-0.05, 0) is 57.3 Å². The molecule has 0 fully saturated rings. The number of aliphatic carboxylic acids is 3. The summed E-state index contributed by atoms with van der Waals surface area (Å²) in [4.78, 5) is 60.1. The van der Waals surface area contributed by atoms with Gasteiger partial charge in [0.2, 0.25) is 5.60 Å². The summed E-state index contributed by atoms with van der Waals surface area (Å²) in [5.41, 5.74) is -2.59. The van der Waals surface area contributed by atoms with Crippen molar-refractivity contribution in [1.29, 1.82) is 0 Å². The Labute approximate surface area is 248 Å². The van der Waals surface area contributed by atoms with Crippen LogP contribution in [-0.4, -0.2) is 56.7 Å². The van der Waals surface area contributed by atoms with Gasteiger partial charge >= 0.3 is 23.9 Å². The molecule has 10 nitrogen and oxygen atoms in total. The molecule has 0 aliphatic heterocycles. The number of rotatable bonds is 23. The number of nitrogens with one attached hydrogen (secondary N) is 1. The van der Waals surface area contributed by atoms with Gasteiger partial charge in [-0.3, -0.25) is 19.2 Å². The van der Waals surface area contributed by atoms with E-state index in [4.69, 9.17) is 4.74 Å². The topological polar surface area (TPSA) is 167 Å². The highest BCUT2D eigenvalue weighted by atomic mass is 16.6. The van der Waals surface area contributed by atoms with E-state index in [1.165, 1.54) is 0 Å². The van der Waals surface area contributed by atoms with Crippen LogP contribution in [0.25, 0.3) is 0 Å². The number of carboxylic acid groups (broad SMARTS) is 3. The SMILES string of the molecule is CC/C=C\C/C=C\C/C=C\C/C=C\C/C=C\CCCC(=O)OC(CC(=O)O)(CC(=O)O)C(=O)N[C@@H](CC(C)C)C(=O)O. The van der Waals surface area contributed by atoms with Crippen LogP contribution in [0.4, 0.5) is 0 Å². The lowest BCUT2D eigenvalue weighted by molar-refractivity contribution is -0.177. The molecule has 0 heterocycles. The minimum Gasteiger partial charge on any atom is -0.481 e. The Morgan fingerprint density at radius 3 is 1.60 bits per heavy atom. The van der Waals surface area contributed by atoms with E-state index in [2.05, 4.69) is 54.8 Å². The normalized spacial score (nSPS) is 13.1. The summed E-state index contributed by atoms with van der Waals surface area (Å²) in [5, 5.41) is 30.3. The Morgan fingerprint density at radius 1 is 0.738 bits per heavy atom. The lowest BCUT2D eigenvalue weighted by Crippen LogP contribution is -2.56. The second-order valence-electron chi connectivity index (χ2n) is 10.2. The maximum atomic E-state index is 13.0. The summed E-state index contributed by atoms with van der Waals surface area (Å²) in [6, 6.07) is -1.41. The molecule has 1 amide bonds. The smallest absolute Gasteiger partial charge is 0.326 e. The molecule has 0 aromatic rings. The summed E-state index contributed by atoms with van der Waals surface area (Å²) in [5.74, 6) is -6.89. The van der Waals surface area contributed by atoms with Crippen LogP contribution in [0.3, 0.4) is 0 Å². The van der Waals surface area contributed by atoms with Crippen molar-refractivity contribution in [1.82, 2.24) is 5.32 Å². The van der Waals surface area contributed by atoms with Gasteiger partial charge in [-0.25, -0.2) is 4.79 Å². The third kappa shape index (κ3) is 19.2. The first kappa shape index (κ1) is 38.0. The number of amides is 1. The van der Waals surface area contributed by atoms with Crippen molar-refractivity contribution in [2.75, 3.05) is 0 Å². The molecule has 1 atom stereocenters. The van der Waals surface area contributed by atoms with Crippen molar-refractivity contribution in [3.8, 4) is 0 Å². The average Bonchev–Trinajstić information content (AvgIpc) is 2.88. The molecule has 0 aromatic heterocycles. The molecule has 0 bridgehead atoms. The van der Waals surface area contributed by atoms with E-state index in [9.17, 15) is 39.3 Å². The van der Waals surface area contributed by atoms with Crippen LogP contribution in [-0.2, 0) is 28.7 Å². The predicted molar refractivity (Wildman–Crippen MR) is 161 cm³/mol. The number of carbonyl (C=O) groups excluding carboxylic acids is 2. The fourth-order valence-electron chi connectivity index (χ4n) is 3.81. The molecule has 0 spiro atoms. The quantitative estimate of drug-likeness (QED) is 0.0658. The van der Waals surface area contributed by atoms with Crippen molar-refractivity contribution in [2.45, 2.75) is 103 Å². The standard InChI is InChI=1S/C32H47NO9/c1-4-5-6-7-8-9-10-11-12-13-14-15-16-17-18-19-20-21-29(38)42-32(23-27(34)35,24-28(36)37)31(41)33-26(30(39)40)22-25(2)3/h5-6,8-9,11-12,14-15,17-18,25-26H,4,7,10,13,16,19-24H2,1-3H3,(H,33,41)(H,34,35)(H,36,37)(H,39,40)/b6-5-,9-8-,12-11-,15-14-,18-17-/t26-/m0/s1. The molecule has 0 rings (SSSR count). The summed E-state index contributed by atoms with van der Waals surface area (Å²) in [7, 11) is 0. The Morgan fingerprint density at radius 2 is 1.19 bits per heavy atom. The van der Waals surface area contributed by atoms with Gasteiger partial charge in [-0.15, -0.1) is 0 Å². The van der Waals surface area contributed by atoms with Crippen molar-refractivity contribution in [2.24, 2.45) is 5.92 Å². The maximum Gasteiger partial charge on any atom is 0.326 e. The van der Waals surface area contributed by atoms with E-state index >= 15 is 0 Å². The van der Waals surface area contributed by atoms with Crippen molar-refractivity contribution in [3.63, 3.8) is 0 Å². The zero-order valence-corrected chi connectivity index (χ0v) is 25.0. The van der Waals surface area contributed by atoms with Gasteiger partial charge < -0.3 is 25.4 Å². The van der Waals surface area contributed by atoms with Crippen molar-refractivity contribution >= 4 is 29.8 Å². The van der Waals surface area contributed by atoms with E-state index < -0.39 is 54.3 Å². The Bertz CT molecular complexity index is 989. The number of hydrogen-bond donors (Lipinski definition) is 4. The maximum absolute atomic E-state index is 13.0. The Kier molecular flexibility index (Phi) is 20.6. The molecular formula is C32H47NO9. The Balaban J connectivity index is 4.84. The van der Waals surface area contributed by atoms with Gasteiger partial charge in [-0.1, -0.05) is 81.5 Å². The minimum atomic E-state index is -2.59. The molecule has 42 heavy (non-hydrogen) atoms. The van der Waals surface area contributed by atoms with Crippen molar-refractivity contribution < 1.29 is 44.0 Å². The molecule has 0 aromatic carbocycles. The number of ether oxygens (including phenoxy) is 1. The summed E-state index contributed by atoms with van der Waals surface area (Å²) in [6.07, 6.45) is 23.5. The van der Waals surface area contributed by atoms with Crippen LogP contribution >= 0.6 is 0 Å². The predicted octanol–water partition coefficient (Wildman–Crippen LogP) is 5.76. The summed E-state index contributed by atoms with van der Waals surface area (Å²) in [6.45, 7) is 5.55. The summed E-state index contributed by atoms with van der Waals surface area (Å²) >= 11 is 0. The zero-order chi connectivity index (χ0) is 31.8. The van der Waals surface area contributed by atoms with Crippen LogP contribution < -0.4 is 5.32 Å². The zero-order valence-electron chi connectivity index (χ0n) is 25.0. The molecule has 4 N–H and O–H groups in total. The van der Waals surface area contributed by atoms with Gasteiger partial charge in [0.15, 0.2) is 0 Å². The first-order valence-corrected chi connectivity index (χ1v) is 14.4. The van der Waals surface area contributed by atoms with E-state index in [1.54, 1.807) is 13.8 Å². The van der Waals surface area contributed by atoms with Gasteiger partial charge in [0.25, 0.3) is 5.91 Å². The molecule has 0 unspecified atom stereocenters. The molecule has 0 radical (unpaired) electrons. The molecular weight excluding hydrogens is 542 g/mol. The number of carboxylic acids is 3. The third-order valence-electron chi connectivity index (χ3n) is 5.82. The first-order valence-electron chi connectivity index (χ1n) is 14.4. The molecule has 234 valence electrons. The summed E-state index contributed by atoms with van der Waals surface area (Å²) < 4.78 is 5.18. The highest BCUT2D eigenvalue weighted by molar-refractivity contribution is 5.96. The van der Waals surface area contributed by atoms with Gasteiger partial charge in [0.1, 0.15) is 6.04 Å². The van der Waals surface area contributed by atoms with Crippen LogP contribution in [0.15, 0.2) is 60.8 Å². The van der Waals surface area contributed by atoms with E-state index in [0.29, 0.717) is 19.3 Å². The highest BCUT2D eigenvalue weighted by Gasteiger charge is 2.47. The Hall–Kier alpha value is -3.95. The number of carbonyl (C=O) groups is 5. The molecule has 0 aliphatic carbocycles. The number of unbranched alkanes of at least 4 members (excludes halogenated alkanes) is 1. The second-order valence-corrected chi connectivity index (χ2v) is 10.2. The van der Waals surface area contributed by atoms with Gasteiger partial charge in [0.05, 0.1) is 12.8 Å². The number of esters is 1. The highest BCUT2D eigenvalue weighted by Crippen LogP contribution is 2.24. The second kappa shape index (κ2) is 22.7. The van der Waals surface area contributed by atoms with Gasteiger partial charge in [0, 0.05) is 6.42 Å². The van der Waals surface area contributed by atoms with E-state index in [0.717, 1.165) is 25.7 Å². The minimum absolute atomic E-state index is 0.0124. The lowest BCUT2D eigenvalue weighted by Gasteiger charge is -2.31. The van der Waals surface area contributed by atoms with Crippen molar-refractivity contribution in [3.05, 3.63) is 60.8 Å². The van der Waals surface area contributed by atoms with E-state index in [1.807, 2.05) is 18.2 Å². The molecule has 0 saturated carbocycles. The molecule has 0 saturated heterocycles.